The third kappa shape index (κ3) is 7.46. The van der Waals surface area contributed by atoms with Crippen molar-refractivity contribution in [3.05, 3.63) is 18.5 Å². The van der Waals surface area contributed by atoms with Crippen LogP contribution in [-0.4, -0.2) is 48.6 Å². The topological polar surface area (TPSA) is 63.5 Å². The van der Waals surface area contributed by atoms with Gasteiger partial charge < -0.3 is 15.4 Å². The van der Waals surface area contributed by atoms with Gasteiger partial charge in [-0.25, -0.2) is 0 Å². The highest BCUT2D eigenvalue weighted by Crippen LogP contribution is 1.86. The van der Waals surface area contributed by atoms with Crippen molar-refractivity contribution in [1.29, 1.82) is 0 Å². The molecule has 0 unspecified atom stereocenters. The van der Waals surface area contributed by atoms with Crippen molar-refractivity contribution in [2.45, 2.75) is 26.8 Å². The van der Waals surface area contributed by atoms with Crippen molar-refractivity contribution in [2.24, 2.45) is 4.99 Å². The Bertz CT molecular complexity index is 337. The lowest BCUT2D eigenvalue weighted by molar-refractivity contribution is 0.146. The minimum absolute atomic E-state index is 0.770. The number of aliphatic imine (C=N–C) groups is 1. The zero-order valence-corrected chi connectivity index (χ0v) is 11.9. The molecule has 0 aliphatic carbocycles. The Morgan fingerprint density at radius 2 is 2.26 bits per heavy atom. The fraction of sp³-hybridized carbons (Fsp3) is 0.692. The molecule has 6 heteroatoms. The first-order valence-corrected chi connectivity index (χ1v) is 6.94. The van der Waals surface area contributed by atoms with E-state index in [4.69, 9.17) is 4.74 Å². The molecule has 0 radical (unpaired) electrons. The van der Waals surface area contributed by atoms with Gasteiger partial charge in [-0.15, -0.1) is 0 Å². The van der Waals surface area contributed by atoms with E-state index in [9.17, 15) is 0 Å². The molecule has 0 saturated heterocycles. The Morgan fingerprint density at radius 3 is 2.95 bits per heavy atom. The molecule has 0 aliphatic heterocycles. The molecule has 0 aliphatic rings. The van der Waals surface area contributed by atoms with Gasteiger partial charge in [0.15, 0.2) is 5.96 Å². The van der Waals surface area contributed by atoms with Gasteiger partial charge in [-0.1, -0.05) is 0 Å². The van der Waals surface area contributed by atoms with E-state index in [0.717, 1.165) is 51.8 Å². The number of hydrogen-bond acceptors (Lipinski definition) is 3. The normalized spacial score (nSPS) is 11.6. The molecule has 2 N–H and O–H groups in total. The van der Waals surface area contributed by atoms with E-state index in [1.54, 1.807) is 6.20 Å². The van der Waals surface area contributed by atoms with E-state index >= 15 is 0 Å². The average Bonchev–Trinajstić information content (AvgIpc) is 2.91. The van der Waals surface area contributed by atoms with Crippen LogP contribution in [-0.2, 0) is 11.3 Å². The van der Waals surface area contributed by atoms with Crippen molar-refractivity contribution >= 4 is 5.96 Å². The van der Waals surface area contributed by atoms with Crippen LogP contribution >= 0.6 is 0 Å². The van der Waals surface area contributed by atoms with Crippen LogP contribution in [0.5, 0.6) is 0 Å². The lowest BCUT2D eigenvalue weighted by Crippen LogP contribution is -2.39. The molecular formula is C13H25N5O. The van der Waals surface area contributed by atoms with E-state index in [0.29, 0.717) is 0 Å². The van der Waals surface area contributed by atoms with E-state index in [1.165, 1.54) is 0 Å². The summed E-state index contributed by atoms with van der Waals surface area (Å²) >= 11 is 0. The maximum atomic E-state index is 5.28. The summed E-state index contributed by atoms with van der Waals surface area (Å²) in [7, 11) is 0. The number of guanidine groups is 1. The average molecular weight is 267 g/mol. The molecule has 6 nitrogen and oxygen atoms in total. The molecule has 0 spiro atoms. The summed E-state index contributed by atoms with van der Waals surface area (Å²) in [4.78, 5) is 4.49. The first-order chi connectivity index (χ1) is 9.36. The highest BCUT2D eigenvalue weighted by molar-refractivity contribution is 5.79. The monoisotopic (exact) mass is 267 g/mol. The van der Waals surface area contributed by atoms with Gasteiger partial charge in [-0.3, -0.25) is 9.67 Å². The third-order valence-corrected chi connectivity index (χ3v) is 2.46. The quantitative estimate of drug-likeness (QED) is 0.396. The van der Waals surface area contributed by atoms with Crippen LogP contribution in [0.15, 0.2) is 23.5 Å². The summed E-state index contributed by atoms with van der Waals surface area (Å²) in [5, 5.41) is 10.7. The second-order valence-corrected chi connectivity index (χ2v) is 4.01. The van der Waals surface area contributed by atoms with E-state index < -0.39 is 0 Å². The second kappa shape index (κ2) is 10.4. The van der Waals surface area contributed by atoms with Gasteiger partial charge in [0.2, 0.25) is 0 Å². The molecule has 1 aromatic heterocycles. The molecule has 0 saturated carbocycles. The number of aromatic nitrogens is 2. The predicted octanol–water partition coefficient (Wildman–Crippen LogP) is 0.865. The molecule has 19 heavy (non-hydrogen) atoms. The lowest BCUT2D eigenvalue weighted by Gasteiger charge is -2.11. The molecule has 0 amide bonds. The Hall–Kier alpha value is -1.56. The fourth-order valence-electron chi connectivity index (χ4n) is 1.57. The molecule has 0 aromatic carbocycles. The summed E-state index contributed by atoms with van der Waals surface area (Å²) < 4.78 is 7.18. The zero-order chi connectivity index (χ0) is 13.8. The van der Waals surface area contributed by atoms with Crippen LogP contribution < -0.4 is 10.6 Å². The van der Waals surface area contributed by atoms with Crippen LogP contribution in [0.3, 0.4) is 0 Å². The first kappa shape index (κ1) is 15.5. The van der Waals surface area contributed by atoms with Crippen LogP contribution in [0, 0.1) is 0 Å². The summed E-state index contributed by atoms with van der Waals surface area (Å²) in [6.07, 6.45) is 4.68. The molecule has 0 bridgehead atoms. The van der Waals surface area contributed by atoms with Crippen LogP contribution in [0.4, 0.5) is 0 Å². The molecule has 1 aromatic rings. The smallest absolute Gasteiger partial charge is 0.191 e. The van der Waals surface area contributed by atoms with Gasteiger partial charge in [0.25, 0.3) is 0 Å². The van der Waals surface area contributed by atoms with Gasteiger partial charge >= 0.3 is 0 Å². The van der Waals surface area contributed by atoms with Crippen molar-refractivity contribution in [1.82, 2.24) is 20.4 Å². The van der Waals surface area contributed by atoms with Gasteiger partial charge in [0, 0.05) is 45.2 Å². The number of nitrogens with zero attached hydrogens (tertiary/aromatic N) is 3. The minimum Gasteiger partial charge on any atom is -0.382 e. The maximum Gasteiger partial charge on any atom is 0.191 e. The second-order valence-electron chi connectivity index (χ2n) is 4.01. The predicted molar refractivity (Wildman–Crippen MR) is 77.3 cm³/mol. The summed E-state index contributed by atoms with van der Waals surface area (Å²) in [6, 6.07) is 1.92. The molecule has 0 fully saturated rings. The summed E-state index contributed by atoms with van der Waals surface area (Å²) in [6.45, 7) is 8.87. The van der Waals surface area contributed by atoms with Gasteiger partial charge in [0.05, 0.1) is 6.54 Å². The molecule has 0 atom stereocenters. The molecule has 108 valence electrons. The Morgan fingerprint density at radius 1 is 1.37 bits per heavy atom. The highest BCUT2D eigenvalue weighted by Gasteiger charge is 1.97. The van der Waals surface area contributed by atoms with E-state index in [2.05, 4.69) is 27.6 Å². The van der Waals surface area contributed by atoms with Crippen molar-refractivity contribution in [3.63, 3.8) is 0 Å². The van der Waals surface area contributed by atoms with Crippen molar-refractivity contribution in [2.75, 3.05) is 32.8 Å². The van der Waals surface area contributed by atoms with Crippen molar-refractivity contribution < 1.29 is 4.74 Å². The third-order valence-electron chi connectivity index (χ3n) is 2.46. The number of nitrogens with one attached hydrogen (secondary N) is 2. The SMILES string of the molecule is CCNC(=NCCCOCC)NCCn1cccn1. The Labute approximate surface area is 115 Å². The Kier molecular flexibility index (Phi) is 8.46. The lowest BCUT2D eigenvalue weighted by atomic mass is 10.4. The van der Waals surface area contributed by atoms with Crippen molar-refractivity contribution in [3.8, 4) is 0 Å². The largest absolute Gasteiger partial charge is 0.382 e. The number of ether oxygens (including phenoxy) is 1. The highest BCUT2D eigenvalue weighted by atomic mass is 16.5. The van der Waals surface area contributed by atoms with Gasteiger partial charge in [-0.05, 0) is 26.3 Å². The minimum atomic E-state index is 0.770. The van der Waals surface area contributed by atoms with Crippen LogP contribution in [0.1, 0.15) is 20.3 Å². The number of hydrogen-bond donors (Lipinski definition) is 2. The first-order valence-electron chi connectivity index (χ1n) is 6.94. The maximum absolute atomic E-state index is 5.28. The van der Waals surface area contributed by atoms with E-state index in [1.807, 2.05) is 23.9 Å². The zero-order valence-electron chi connectivity index (χ0n) is 11.9. The Balaban J connectivity index is 2.20. The molecule has 1 heterocycles. The number of rotatable bonds is 9. The fourth-order valence-corrected chi connectivity index (χ4v) is 1.57. The van der Waals surface area contributed by atoms with Crippen LogP contribution in [0.2, 0.25) is 0 Å². The van der Waals surface area contributed by atoms with E-state index in [-0.39, 0.29) is 0 Å². The molecular weight excluding hydrogens is 242 g/mol. The summed E-state index contributed by atoms with van der Waals surface area (Å²) in [5.74, 6) is 0.853. The molecule has 1 rings (SSSR count). The standard InChI is InChI=1S/C13H25N5O/c1-3-14-13(15-7-6-12-19-4-2)16-9-11-18-10-5-8-17-18/h5,8,10H,3-4,6-7,9,11-12H2,1-2H3,(H2,14,15,16). The van der Waals surface area contributed by atoms with Gasteiger partial charge in [-0.2, -0.15) is 5.10 Å². The van der Waals surface area contributed by atoms with Crippen LogP contribution in [0.25, 0.3) is 0 Å². The summed E-state index contributed by atoms with van der Waals surface area (Å²) in [5.41, 5.74) is 0. The van der Waals surface area contributed by atoms with Gasteiger partial charge in [0.1, 0.15) is 0 Å².